The Morgan fingerprint density at radius 2 is 2.17 bits per heavy atom. The van der Waals surface area contributed by atoms with Crippen molar-refractivity contribution in [3.8, 4) is 0 Å². The zero-order valence-electron chi connectivity index (χ0n) is 12.1. The second-order valence-corrected chi connectivity index (χ2v) is 5.94. The molecule has 0 aromatic carbocycles. The van der Waals surface area contributed by atoms with E-state index in [0.717, 1.165) is 13.0 Å². The van der Waals surface area contributed by atoms with E-state index in [1.165, 1.54) is 37.9 Å². The molecule has 0 bridgehead atoms. The lowest BCUT2D eigenvalue weighted by molar-refractivity contribution is 0.225. The van der Waals surface area contributed by atoms with E-state index in [0.29, 0.717) is 11.5 Å². The fourth-order valence-electron chi connectivity index (χ4n) is 3.39. The molecule has 102 valence electrons. The highest BCUT2D eigenvalue weighted by Gasteiger charge is 2.36. The maximum atomic E-state index is 4.55. The van der Waals surface area contributed by atoms with Crippen molar-refractivity contribution in [3.05, 3.63) is 18.2 Å². The first-order valence-electron chi connectivity index (χ1n) is 7.37. The van der Waals surface area contributed by atoms with Gasteiger partial charge in [-0.1, -0.05) is 26.7 Å². The van der Waals surface area contributed by atoms with Gasteiger partial charge in [-0.25, -0.2) is 4.98 Å². The molecule has 1 aromatic heterocycles. The molecule has 0 saturated heterocycles. The molecule has 1 atom stereocenters. The van der Waals surface area contributed by atoms with Gasteiger partial charge in [-0.3, -0.25) is 0 Å². The van der Waals surface area contributed by atoms with Crippen LogP contribution in [0, 0.1) is 5.41 Å². The predicted octanol–water partition coefficient (Wildman–Crippen LogP) is 3.00. The Kier molecular flexibility index (Phi) is 4.44. The van der Waals surface area contributed by atoms with Crippen LogP contribution in [0.25, 0.3) is 0 Å². The fraction of sp³-hybridized carbons (Fsp3) is 0.800. The van der Waals surface area contributed by atoms with E-state index in [2.05, 4.69) is 42.0 Å². The van der Waals surface area contributed by atoms with E-state index in [4.69, 9.17) is 0 Å². The minimum absolute atomic E-state index is 0.456. The molecule has 1 N–H and O–H groups in total. The zero-order chi connectivity index (χ0) is 13.0. The topological polar surface area (TPSA) is 29.9 Å². The lowest BCUT2D eigenvalue weighted by Gasteiger charge is -2.34. The van der Waals surface area contributed by atoms with E-state index in [9.17, 15) is 0 Å². The van der Waals surface area contributed by atoms with Crippen LogP contribution in [0.1, 0.15) is 51.8 Å². The molecule has 0 aliphatic heterocycles. The molecule has 1 aliphatic carbocycles. The quantitative estimate of drug-likeness (QED) is 0.840. The predicted molar refractivity (Wildman–Crippen MR) is 75.6 cm³/mol. The number of nitrogens with zero attached hydrogens (tertiary/aromatic N) is 2. The highest BCUT2D eigenvalue weighted by molar-refractivity contribution is 5.01. The number of aromatic nitrogens is 2. The standard InChI is InChI=1S/C15H27N3/c1-4-10-18-11-9-17-14(18)12-13(16-3)15(2)7-5-6-8-15/h9,11,13,16H,4-8,10,12H2,1-3H3. The van der Waals surface area contributed by atoms with Gasteiger partial charge in [0.1, 0.15) is 5.82 Å². The van der Waals surface area contributed by atoms with Crippen molar-refractivity contribution in [3.63, 3.8) is 0 Å². The molecule has 3 nitrogen and oxygen atoms in total. The highest BCUT2D eigenvalue weighted by atomic mass is 15.1. The first-order valence-corrected chi connectivity index (χ1v) is 7.37. The van der Waals surface area contributed by atoms with Gasteiger partial charge < -0.3 is 9.88 Å². The first-order chi connectivity index (χ1) is 8.69. The van der Waals surface area contributed by atoms with Crippen LogP contribution in [0.2, 0.25) is 0 Å². The molecule has 1 saturated carbocycles. The first kappa shape index (κ1) is 13.6. The van der Waals surface area contributed by atoms with Crippen molar-refractivity contribution in [2.45, 2.75) is 65.0 Å². The van der Waals surface area contributed by atoms with E-state index >= 15 is 0 Å². The van der Waals surface area contributed by atoms with Crippen molar-refractivity contribution in [2.24, 2.45) is 5.41 Å². The Bertz CT molecular complexity index is 364. The number of likely N-dealkylation sites (N-methyl/N-ethyl adjacent to an activating group) is 1. The normalized spacial score (nSPS) is 20.2. The lowest BCUT2D eigenvalue weighted by atomic mass is 9.79. The number of aryl methyl sites for hydroxylation is 1. The molecule has 0 spiro atoms. The van der Waals surface area contributed by atoms with Crippen LogP contribution in [0.3, 0.4) is 0 Å². The number of hydrogen-bond donors (Lipinski definition) is 1. The van der Waals surface area contributed by atoms with Crippen LogP contribution in [-0.2, 0) is 13.0 Å². The molecule has 18 heavy (non-hydrogen) atoms. The van der Waals surface area contributed by atoms with Gasteiger partial charge in [-0.2, -0.15) is 0 Å². The largest absolute Gasteiger partial charge is 0.335 e. The summed E-state index contributed by atoms with van der Waals surface area (Å²) in [5.74, 6) is 1.24. The SMILES string of the molecule is CCCn1ccnc1CC(NC)C1(C)CCCC1. The van der Waals surface area contributed by atoms with Gasteiger partial charge in [-0.05, 0) is 31.7 Å². The third-order valence-corrected chi connectivity index (χ3v) is 4.59. The van der Waals surface area contributed by atoms with Crippen LogP contribution in [0.15, 0.2) is 12.4 Å². The Morgan fingerprint density at radius 1 is 1.44 bits per heavy atom. The van der Waals surface area contributed by atoms with Crippen LogP contribution >= 0.6 is 0 Å². The van der Waals surface area contributed by atoms with Crippen LogP contribution < -0.4 is 5.32 Å². The van der Waals surface area contributed by atoms with Gasteiger partial charge >= 0.3 is 0 Å². The zero-order valence-corrected chi connectivity index (χ0v) is 12.1. The average molecular weight is 249 g/mol. The Labute approximate surface area is 111 Å². The molecule has 1 fully saturated rings. The number of imidazole rings is 1. The molecular formula is C15H27N3. The molecule has 1 aromatic rings. The van der Waals surface area contributed by atoms with Crippen molar-refractivity contribution in [1.82, 2.24) is 14.9 Å². The summed E-state index contributed by atoms with van der Waals surface area (Å²) >= 11 is 0. The third-order valence-electron chi connectivity index (χ3n) is 4.59. The highest BCUT2D eigenvalue weighted by Crippen LogP contribution is 2.41. The third kappa shape index (κ3) is 2.77. The Morgan fingerprint density at radius 3 is 2.78 bits per heavy atom. The minimum atomic E-state index is 0.456. The summed E-state index contributed by atoms with van der Waals surface area (Å²) in [4.78, 5) is 4.55. The maximum Gasteiger partial charge on any atom is 0.110 e. The fourth-order valence-corrected chi connectivity index (χ4v) is 3.39. The Balaban J connectivity index is 2.07. The second kappa shape index (κ2) is 5.87. The van der Waals surface area contributed by atoms with E-state index < -0.39 is 0 Å². The molecule has 0 amide bonds. The second-order valence-electron chi connectivity index (χ2n) is 5.94. The summed E-state index contributed by atoms with van der Waals surface area (Å²) in [5, 5.41) is 3.54. The van der Waals surface area contributed by atoms with Gasteiger partial charge in [-0.15, -0.1) is 0 Å². The van der Waals surface area contributed by atoms with Crippen molar-refractivity contribution >= 4 is 0 Å². The summed E-state index contributed by atoms with van der Waals surface area (Å²) in [6, 6.07) is 0.554. The van der Waals surface area contributed by atoms with Crippen LogP contribution in [0.4, 0.5) is 0 Å². The summed E-state index contributed by atoms with van der Waals surface area (Å²) in [5.41, 5.74) is 0.456. The molecule has 2 rings (SSSR count). The number of rotatable bonds is 6. The monoisotopic (exact) mass is 249 g/mol. The van der Waals surface area contributed by atoms with Crippen molar-refractivity contribution in [1.29, 1.82) is 0 Å². The number of hydrogen-bond acceptors (Lipinski definition) is 2. The van der Waals surface area contributed by atoms with Crippen molar-refractivity contribution < 1.29 is 0 Å². The molecular weight excluding hydrogens is 222 g/mol. The Hall–Kier alpha value is -0.830. The van der Waals surface area contributed by atoms with E-state index in [1.54, 1.807) is 0 Å². The van der Waals surface area contributed by atoms with E-state index in [1.807, 2.05) is 6.20 Å². The molecule has 0 radical (unpaired) electrons. The van der Waals surface area contributed by atoms with Gasteiger partial charge in [0.15, 0.2) is 0 Å². The lowest BCUT2D eigenvalue weighted by Crippen LogP contribution is -2.42. The van der Waals surface area contributed by atoms with Crippen molar-refractivity contribution in [2.75, 3.05) is 7.05 Å². The molecule has 1 unspecified atom stereocenters. The van der Waals surface area contributed by atoms with Gasteiger partial charge in [0.25, 0.3) is 0 Å². The summed E-state index contributed by atoms with van der Waals surface area (Å²) < 4.78 is 2.31. The van der Waals surface area contributed by atoms with Gasteiger partial charge in [0.05, 0.1) is 0 Å². The smallest absolute Gasteiger partial charge is 0.110 e. The van der Waals surface area contributed by atoms with Gasteiger partial charge in [0, 0.05) is 31.4 Å². The van der Waals surface area contributed by atoms with Gasteiger partial charge in [0.2, 0.25) is 0 Å². The molecule has 1 aliphatic rings. The maximum absolute atomic E-state index is 4.55. The van der Waals surface area contributed by atoms with Crippen LogP contribution in [-0.4, -0.2) is 22.6 Å². The summed E-state index contributed by atoms with van der Waals surface area (Å²) in [7, 11) is 2.10. The number of nitrogens with one attached hydrogen (secondary N) is 1. The average Bonchev–Trinajstić information content (AvgIpc) is 2.97. The molecule has 1 heterocycles. The van der Waals surface area contributed by atoms with Crippen LogP contribution in [0.5, 0.6) is 0 Å². The molecule has 3 heteroatoms. The summed E-state index contributed by atoms with van der Waals surface area (Å²) in [6.07, 6.45) is 11.8. The van der Waals surface area contributed by atoms with E-state index in [-0.39, 0.29) is 0 Å². The summed E-state index contributed by atoms with van der Waals surface area (Å²) in [6.45, 7) is 5.74. The minimum Gasteiger partial charge on any atom is -0.335 e.